The predicted molar refractivity (Wildman–Crippen MR) is 87.7 cm³/mol. The fourth-order valence-electron chi connectivity index (χ4n) is 2.98. The molecular formula is C15H15IN4. The molecule has 1 aliphatic rings. The van der Waals surface area contributed by atoms with Crippen LogP contribution in [0.4, 0.5) is 0 Å². The number of hydrogen-bond acceptors (Lipinski definition) is 2. The quantitative estimate of drug-likeness (QED) is 0.660. The number of halogens is 1. The lowest BCUT2D eigenvalue weighted by molar-refractivity contribution is 0.667. The Hall–Kier alpha value is -1.37. The maximum absolute atomic E-state index is 4.78. The van der Waals surface area contributed by atoms with Gasteiger partial charge in [0.25, 0.3) is 0 Å². The van der Waals surface area contributed by atoms with E-state index in [2.05, 4.69) is 50.9 Å². The summed E-state index contributed by atoms with van der Waals surface area (Å²) in [7, 11) is 1.99. The number of aromatic nitrogens is 4. The Bertz CT molecular complexity index is 776. The summed E-state index contributed by atoms with van der Waals surface area (Å²) in [6, 6.07) is 6.41. The summed E-state index contributed by atoms with van der Waals surface area (Å²) in [6.45, 7) is 0. The van der Waals surface area contributed by atoms with E-state index in [1.54, 1.807) is 0 Å². The minimum Gasteiger partial charge on any atom is -0.340 e. The highest BCUT2D eigenvalue weighted by Gasteiger charge is 2.19. The van der Waals surface area contributed by atoms with Crippen LogP contribution in [-0.4, -0.2) is 19.7 Å². The number of rotatable bonds is 1. The molecule has 1 aliphatic carbocycles. The van der Waals surface area contributed by atoms with Gasteiger partial charge in [0.2, 0.25) is 0 Å². The Labute approximate surface area is 130 Å². The van der Waals surface area contributed by atoms with E-state index >= 15 is 0 Å². The third-order valence-electron chi connectivity index (χ3n) is 3.99. The van der Waals surface area contributed by atoms with E-state index in [1.165, 1.54) is 33.2 Å². The summed E-state index contributed by atoms with van der Waals surface area (Å²) >= 11 is 2.34. The fraction of sp³-hybridized carbons (Fsp3) is 0.333. The van der Waals surface area contributed by atoms with Gasteiger partial charge in [0.1, 0.15) is 5.69 Å². The van der Waals surface area contributed by atoms with E-state index in [9.17, 15) is 0 Å². The van der Waals surface area contributed by atoms with Gasteiger partial charge >= 0.3 is 0 Å². The number of aromatic amines is 1. The largest absolute Gasteiger partial charge is 0.340 e. The topological polar surface area (TPSA) is 46.5 Å². The standard InChI is InChI=1S/C15H15IN4/c1-20-13-7-6-9(16)8-10(13)14(19-20)15-17-11-4-2-3-5-12(11)18-15/h6-8H,2-5H2,1H3,(H,17,18). The van der Waals surface area contributed by atoms with Gasteiger partial charge in [-0.15, -0.1) is 0 Å². The third kappa shape index (κ3) is 1.87. The Balaban J connectivity index is 1.93. The molecule has 0 atom stereocenters. The first-order chi connectivity index (χ1) is 9.72. The summed E-state index contributed by atoms with van der Waals surface area (Å²) < 4.78 is 3.16. The van der Waals surface area contributed by atoms with Gasteiger partial charge in [-0.25, -0.2) is 4.98 Å². The van der Waals surface area contributed by atoms with Crippen molar-refractivity contribution in [1.29, 1.82) is 0 Å². The molecule has 4 nitrogen and oxygen atoms in total. The monoisotopic (exact) mass is 378 g/mol. The van der Waals surface area contributed by atoms with Crippen LogP contribution in [0, 0.1) is 3.57 Å². The van der Waals surface area contributed by atoms with E-state index < -0.39 is 0 Å². The zero-order chi connectivity index (χ0) is 13.7. The summed E-state index contributed by atoms with van der Waals surface area (Å²) in [5.41, 5.74) is 4.65. The lowest BCUT2D eigenvalue weighted by atomic mass is 10.0. The number of hydrogen-bond donors (Lipinski definition) is 1. The number of nitrogens with zero attached hydrogens (tertiary/aromatic N) is 3. The highest BCUT2D eigenvalue weighted by Crippen LogP contribution is 2.29. The van der Waals surface area contributed by atoms with Crippen molar-refractivity contribution in [3.63, 3.8) is 0 Å². The number of aryl methyl sites for hydroxylation is 3. The molecule has 0 bridgehead atoms. The highest BCUT2D eigenvalue weighted by molar-refractivity contribution is 14.1. The molecule has 20 heavy (non-hydrogen) atoms. The minimum absolute atomic E-state index is 0.921. The summed E-state index contributed by atoms with van der Waals surface area (Å²) in [4.78, 5) is 8.27. The van der Waals surface area contributed by atoms with Crippen molar-refractivity contribution in [3.05, 3.63) is 33.2 Å². The zero-order valence-corrected chi connectivity index (χ0v) is 13.4. The second kappa shape index (κ2) is 4.58. The molecule has 0 unspecified atom stereocenters. The molecule has 0 amide bonds. The first kappa shape index (κ1) is 12.4. The van der Waals surface area contributed by atoms with Crippen LogP contribution in [0.5, 0.6) is 0 Å². The Morgan fingerprint density at radius 1 is 1.25 bits per heavy atom. The molecule has 0 radical (unpaired) electrons. The Morgan fingerprint density at radius 2 is 2.10 bits per heavy atom. The number of fused-ring (bicyclic) bond motifs is 2. The lowest BCUT2D eigenvalue weighted by Crippen LogP contribution is -2.00. The zero-order valence-electron chi connectivity index (χ0n) is 11.3. The summed E-state index contributed by atoms with van der Waals surface area (Å²) in [6.07, 6.45) is 4.71. The van der Waals surface area contributed by atoms with Crippen LogP contribution in [0.1, 0.15) is 24.2 Å². The van der Waals surface area contributed by atoms with Crippen LogP contribution in [0.25, 0.3) is 22.4 Å². The van der Waals surface area contributed by atoms with Gasteiger partial charge < -0.3 is 4.98 Å². The molecule has 2 aromatic heterocycles. The highest BCUT2D eigenvalue weighted by atomic mass is 127. The first-order valence-electron chi connectivity index (χ1n) is 6.93. The lowest BCUT2D eigenvalue weighted by Gasteiger charge is -2.07. The van der Waals surface area contributed by atoms with E-state index in [-0.39, 0.29) is 0 Å². The van der Waals surface area contributed by atoms with Crippen molar-refractivity contribution in [1.82, 2.24) is 19.7 Å². The third-order valence-corrected chi connectivity index (χ3v) is 4.66. The van der Waals surface area contributed by atoms with Gasteiger partial charge in [-0.05, 0) is 66.5 Å². The number of imidazole rings is 1. The molecule has 3 aromatic rings. The van der Waals surface area contributed by atoms with E-state index in [0.717, 1.165) is 29.9 Å². The molecule has 0 spiro atoms. The SMILES string of the molecule is Cn1nc(-c2nc3c([nH]2)CCCC3)c2cc(I)ccc21. The van der Waals surface area contributed by atoms with E-state index in [1.807, 2.05) is 11.7 Å². The Kier molecular flexibility index (Phi) is 2.83. The van der Waals surface area contributed by atoms with Crippen molar-refractivity contribution < 1.29 is 0 Å². The first-order valence-corrected chi connectivity index (χ1v) is 8.00. The molecule has 0 fully saturated rings. The molecule has 5 heteroatoms. The van der Waals surface area contributed by atoms with Crippen molar-refractivity contribution in [2.24, 2.45) is 7.05 Å². The van der Waals surface area contributed by atoms with Gasteiger partial charge in [-0.3, -0.25) is 4.68 Å². The molecular weight excluding hydrogens is 363 g/mol. The molecule has 0 saturated heterocycles. The Morgan fingerprint density at radius 3 is 2.95 bits per heavy atom. The van der Waals surface area contributed by atoms with Crippen LogP contribution >= 0.6 is 22.6 Å². The fourth-order valence-corrected chi connectivity index (χ4v) is 3.47. The van der Waals surface area contributed by atoms with Gasteiger partial charge in [-0.2, -0.15) is 5.10 Å². The normalized spacial score (nSPS) is 14.7. The van der Waals surface area contributed by atoms with Crippen LogP contribution in [0.2, 0.25) is 0 Å². The molecule has 4 rings (SSSR count). The van der Waals surface area contributed by atoms with Gasteiger partial charge in [0.05, 0.1) is 11.2 Å². The minimum atomic E-state index is 0.921. The van der Waals surface area contributed by atoms with Crippen molar-refractivity contribution in [2.75, 3.05) is 0 Å². The van der Waals surface area contributed by atoms with Crippen LogP contribution in [0.3, 0.4) is 0 Å². The molecule has 1 N–H and O–H groups in total. The number of benzene rings is 1. The number of H-pyrrole nitrogens is 1. The second-order valence-electron chi connectivity index (χ2n) is 5.35. The summed E-state index contributed by atoms with van der Waals surface area (Å²) in [5.74, 6) is 0.921. The number of nitrogens with one attached hydrogen (secondary N) is 1. The van der Waals surface area contributed by atoms with Crippen LogP contribution in [0.15, 0.2) is 18.2 Å². The van der Waals surface area contributed by atoms with Gasteiger partial charge in [-0.1, -0.05) is 0 Å². The molecule has 2 heterocycles. The maximum Gasteiger partial charge on any atom is 0.159 e. The van der Waals surface area contributed by atoms with Gasteiger partial charge in [0.15, 0.2) is 5.82 Å². The van der Waals surface area contributed by atoms with Crippen LogP contribution < -0.4 is 0 Å². The second-order valence-corrected chi connectivity index (χ2v) is 6.60. The van der Waals surface area contributed by atoms with Gasteiger partial charge in [0, 0.05) is 21.7 Å². The molecule has 0 saturated carbocycles. The summed E-state index contributed by atoms with van der Waals surface area (Å²) in [5, 5.41) is 5.84. The molecule has 1 aromatic carbocycles. The predicted octanol–water partition coefficient (Wildman–Crippen LogP) is 3.45. The van der Waals surface area contributed by atoms with E-state index in [0.29, 0.717) is 0 Å². The van der Waals surface area contributed by atoms with Crippen LogP contribution in [-0.2, 0) is 19.9 Å². The average molecular weight is 378 g/mol. The smallest absolute Gasteiger partial charge is 0.159 e. The molecule has 0 aliphatic heterocycles. The average Bonchev–Trinajstić information content (AvgIpc) is 3.00. The van der Waals surface area contributed by atoms with E-state index in [4.69, 9.17) is 4.98 Å². The maximum atomic E-state index is 4.78. The van der Waals surface area contributed by atoms with Crippen molar-refractivity contribution in [3.8, 4) is 11.5 Å². The van der Waals surface area contributed by atoms with Crippen molar-refractivity contribution >= 4 is 33.5 Å². The van der Waals surface area contributed by atoms with Crippen molar-refractivity contribution in [2.45, 2.75) is 25.7 Å². The molecule has 102 valence electrons.